The first-order valence-corrected chi connectivity index (χ1v) is 6.19. The second kappa shape index (κ2) is 4.63. The summed E-state index contributed by atoms with van der Waals surface area (Å²) in [5, 5.41) is 13.6. The molecule has 2 nitrogen and oxygen atoms in total. The summed E-state index contributed by atoms with van der Waals surface area (Å²) in [5.41, 5.74) is 0. The highest BCUT2D eigenvalue weighted by molar-refractivity contribution is 4.88. The lowest BCUT2D eigenvalue weighted by molar-refractivity contribution is 0.0257. The van der Waals surface area contributed by atoms with Gasteiger partial charge in [0.1, 0.15) is 0 Å². The third-order valence-corrected chi connectivity index (χ3v) is 3.99. The van der Waals surface area contributed by atoms with Gasteiger partial charge in [-0.3, -0.25) is 0 Å². The first kappa shape index (κ1) is 10.4. The Labute approximate surface area is 87.1 Å². The number of hydrogen-bond acceptors (Lipinski definition) is 2. The van der Waals surface area contributed by atoms with Crippen LogP contribution in [0.3, 0.4) is 0 Å². The fraction of sp³-hybridized carbons (Fsp3) is 1.00. The fourth-order valence-corrected chi connectivity index (χ4v) is 3.09. The van der Waals surface area contributed by atoms with E-state index in [-0.39, 0.29) is 6.10 Å². The zero-order valence-corrected chi connectivity index (χ0v) is 9.21. The second-order valence-corrected chi connectivity index (χ2v) is 5.21. The van der Waals surface area contributed by atoms with E-state index in [1.165, 1.54) is 32.1 Å². The summed E-state index contributed by atoms with van der Waals surface area (Å²) in [6, 6.07) is 0.599. The highest BCUT2D eigenvalue weighted by Crippen LogP contribution is 2.33. The van der Waals surface area contributed by atoms with Crippen LogP contribution in [0.1, 0.15) is 45.4 Å². The fourth-order valence-electron chi connectivity index (χ4n) is 3.09. The molecule has 14 heavy (non-hydrogen) atoms. The zero-order valence-electron chi connectivity index (χ0n) is 9.21. The largest absolute Gasteiger partial charge is 0.393 e. The average molecular weight is 197 g/mol. The molecule has 0 spiro atoms. The third-order valence-electron chi connectivity index (χ3n) is 3.99. The molecule has 2 rings (SSSR count). The van der Waals surface area contributed by atoms with Crippen molar-refractivity contribution in [2.75, 3.05) is 6.54 Å². The number of piperidine rings is 1. The van der Waals surface area contributed by atoms with E-state index < -0.39 is 0 Å². The number of rotatable bonds is 1. The predicted molar refractivity (Wildman–Crippen MR) is 58.2 cm³/mol. The Kier molecular flexibility index (Phi) is 3.45. The molecule has 0 aromatic rings. The van der Waals surface area contributed by atoms with Crippen molar-refractivity contribution in [3.8, 4) is 0 Å². The second-order valence-electron chi connectivity index (χ2n) is 5.21. The van der Waals surface area contributed by atoms with Crippen molar-refractivity contribution >= 4 is 0 Å². The van der Waals surface area contributed by atoms with Crippen LogP contribution in [-0.4, -0.2) is 23.8 Å². The number of hydrogen-bond donors (Lipinski definition) is 2. The van der Waals surface area contributed by atoms with Crippen LogP contribution < -0.4 is 5.32 Å². The van der Waals surface area contributed by atoms with Crippen LogP contribution in [0.25, 0.3) is 0 Å². The summed E-state index contributed by atoms with van der Waals surface area (Å²) < 4.78 is 0. The molecule has 0 aromatic heterocycles. The molecule has 1 saturated carbocycles. The van der Waals surface area contributed by atoms with Crippen molar-refractivity contribution in [2.24, 2.45) is 11.8 Å². The third kappa shape index (κ3) is 2.29. The first-order valence-electron chi connectivity index (χ1n) is 6.19. The predicted octanol–water partition coefficient (Wildman–Crippen LogP) is 1.93. The van der Waals surface area contributed by atoms with E-state index in [0.29, 0.717) is 12.0 Å². The van der Waals surface area contributed by atoms with Gasteiger partial charge < -0.3 is 10.4 Å². The summed E-state index contributed by atoms with van der Waals surface area (Å²) in [6.07, 6.45) is 7.34. The van der Waals surface area contributed by atoms with Gasteiger partial charge in [0.2, 0.25) is 0 Å². The van der Waals surface area contributed by atoms with Crippen LogP contribution in [0.15, 0.2) is 0 Å². The van der Waals surface area contributed by atoms with Crippen LogP contribution in [0, 0.1) is 11.8 Å². The molecule has 2 heteroatoms. The Morgan fingerprint density at radius 3 is 2.71 bits per heavy atom. The molecule has 0 aromatic carbocycles. The van der Waals surface area contributed by atoms with E-state index >= 15 is 0 Å². The van der Waals surface area contributed by atoms with E-state index in [1.807, 2.05) is 0 Å². The van der Waals surface area contributed by atoms with Crippen LogP contribution in [0.4, 0.5) is 0 Å². The molecule has 1 aliphatic heterocycles. The van der Waals surface area contributed by atoms with E-state index in [1.54, 1.807) is 0 Å². The van der Waals surface area contributed by atoms with Crippen molar-refractivity contribution in [1.82, 2.24) is 5.32 Å². The molecule has 4 atom stereocenters. The van der Waals surface area contributed by atoms with Crippen molar-refractivity contribution in [3.05, 3.63) is 0 Å². The summed E-state index contributed by atoms with van der Waals surface area (Å²) in [4.78, 5) is 0. The van der Waals surface area contributed by atoms with Gasteiger partial charge in [0, 0.05) is 12.0 Å². The van der Waals surface area contributed by atoms with Gasteiger partial charge in [0.05, 0.1) is 6.10 Å². The minimum Gasteiger partial charge on any atom is -0.393 e. The summed E-state index contributed by atoms with van der Waals surface area (Å²) in [6.45, 7) is 3.48. The summed E-state index contributed by atoms with van der Waals surface area (Å²) >= 11 is 0. The van der Waals surface area contributed by atoms with Gasteiger partial charge in [0.25, 0.3) is 0 Å². The first-order chi connectivity index (χ1) is 6.77. The number of aliphatic hydroxyl groups is 1. The highest BCUT2D eigenvalue weighted by atomic mass is 16.3. The maximum atomic E-state index is 10.00. The molecule has 0 radical (unpaired) electrons. The molecule has 1 aliphatic carbocycles. The standard InChI is InChI=1S/C12H23NO/c1-9-5-6-12(14)10(8-9)11-4-2-3-7-13-11/h9-14H,2-8H2,1H3/t9-,10-,11+,12+/m1/s1. The minimum absolute atomic E-state index is 0.0400. The lowest BCUT2D eigenvalue weighted by Gasteiger charge is -2.39. The quantitative estimate of drug-likeness (QED) is 0.673. The zero-order chi connectivity index (χ0) is 9.97. The Morgan fingerprint density at radius 1 is 1.14 bits per heavy atom. The number of nitrogens with one attached hydrogen (secondary N) is 1. The summed E-state index contributed by atoms with van der Waals surface area (Å²) in [5.74, 6) is 1.34. The normalized spacial score (nSPS) is 45.0. The van der Waals surface area contributed by atoms with Gasteiger partial charge in [0.15, 0.2) is 0 Å². The Hall–Kier alpha value is -0.0800. The maximum absolute atomic E-state index is 10.00. The lowest BCUT2D eigenvalue weighted by atomic mass is 9.75. The Morgan fingerprint density at radius 2 is 2.00 bits per heavy atom. The molecule has 0 unspecified atom stereocenters. The van der Waals surface area contributed by atoms with Crippen molar-refractivity contribution in [1.29, 1.82) is 0 Å². The van der Waals surface area contributed by atoms with Gasteiger partial charge in [-0.2, -0.15) is 0 Å². The number of aliphatic hydroxyl groups excluding tert-OH is 1. The van der Waals surface area contributed by atoms with Crippen LogP contribution >= 0.6 is 0 Å². The Balaban J connectivity index is 1.92. The molecule has 82 valence electrons. The topological polar surface area (TPSA) is 32.3 Å². The minimum atomic E-state index is -0.0400. The van der Waals surface area contributed by atoms with Gasteiger partial charge in [-0.25, -0.2) is 0 Å². The van der Waals surface area contributed by atoms with E-state index in [9.17, 15) is 5.11 Å². The van der Waals surface area contributed by atoms with E-state index in [4.69, 9.17) is 0 Å². The molecule has 1 saturated heterocycles. The molecule has 1 heterocycles. The molecule has 2 aliphatic rings. The highest BCUT2D eigenvalue weighted by Gasteiger charge is 2.33. The monoisotopic (exact) mass is 197 g/mol. The molecule has 2 N–H and O–H groups in total. The van der Waals surface area contributed by atoms with E-state index in [0.717, 1.165) is 18.9 Å². The molecule has 0 amide bonds. The SMILES string of the molecule is C[C@@H]1CC[C@H](O)[C@@H]([C@@H]2CCCCN2)C1. The molecule has 0 bridgehead atoms. The van der Waals surface area contributed by atoms with Crippen LogP contribution in [-0.2, 0) is 0 Å². The average Bonchev–Trinajstić information content (AvgIpc) is 2.23. The molecule has 2 fully saturated rings. The Bertz CT molecular complexity index is 177. The van der Waals surface area contributed by atoms with Crippen LogP contribution in [0.5, 0.6) is 0 Å². The van der Waals surface area contributed by atoms with Crippen molar-refractivity contribution in [3.63, 3.8) is 0 Å². The van der Waals surface area contributed by atoms with Gasteiger partial charge >= 0.3 is 0 Å². The van der Waals surface area contributed by atoms with E-state index in [2.05, 4.69) is 12.2 Å². The van der Waals surface area contributed by atoms with Gasteiger partial charge in [-0.05, 0) is 44.6 Å². The summed E-state index contributed by atoms with van der Waals surface area (Å²) in [7, 11) is 0. The molecular weight excluding hydrogens is 174 g/mol. The smallest absolute Gasteiger partial charge is 0.0583 e. The molecular formula is C12H23NO. The van der Waals surface area contributed by atoms with Gasteiger partial charge in [-0.15, -0.1) is 0 Å². The van der Waals surface area contributed by atoms with Crippen molar-refractivity contribution < 1.29 is 5.11 Å². The van der Waals surface area contributed by atoms with Gasteiger partial charge in [-0.1, -0.05) is 13.3 Å². The maximum Gasteiger partial charge on any atom is 0.0583 e. The van der Waals surface area contributed by atoms with Crippen molar-refractivity contribution in [2.45, 2.75) is 57.6 Å². The van der Waals surface area contributed by atoms with Crippen LogP contribution in [0.2, 0.25) is 0 Å². The lowest BCUT2D eigenvalue weighted by Crippen LogP contribution is -2.46.